The van der Waals surface area contributed by atoms with Gasteiger partial charge < -0.3 is 10.6 Å². The molecule has 0 unspecified atom stereocenters. The fourth-order valence-electron chi connectivity index (χ4n) is 0.957. The second-order valence-electron chi connectivity index (χ2n) is 3.17. The van der Waals surface area contributed by atoms with E-state index in [1.807, 2.05) is 20.8 Å². The summed E-state index contributed by atoms with van der Waals surface area (Å²) < 4.78 is 0.480. The van der Waals surface area contributed by atoms with Crippen LogP contribution in [-0.2, 0) is 0 Å². The molecule has 0 aliphatic rings. The van der Waals surface area contributed by atoms with Crippen LogP contribution in [0.5, 0.6) is 0 Å². The van der Waals surface area contributed by atoms with Crippen molar-refractivity contribution in [2.75, 3.05) is 17.2 Å². The zero-order valence-corrected chi connectivity index (χ0v) is 9.40. The Labute approximate surface area is 88.3 Å². The van der Waals surface area contributed by atoms with Crippen LogP contribution in [0.4, 0.5) is 11.8 Å². The Morgan fingerprint density at radius 1 is 1.50 bits per heavy atom. The SMILES string of the molecule is CCNc1n[nH]c(NC(C)C)nc1=S. The molecule has 5 nitrogen and oxygen atoms in total. The van der Waals surface area contributed by atoms with Gasteiger partial charge in [0.2, 0.25) is 5.95 Å². The van der Waals surface area contributed by atoms with Gasteiger partial charge in [-0.3, -0.25) is 0 Å². The maximum Gasteiger partial charge on any atom is 0.218 e. The lowest BCUT2D eigenvalue weighted by Crippen LogP contribution is -2.14. The van der Waals surface area contributed by atoms with Crippen molar-refractivity contribution in [3.05, 3.63) is 4.64 Å². The Morgan fingerprint density at radius 2 is 2.21 bits per heavy atom. The van der Waals surface area contributed by atoms with Crippen molar-refractivity contribution in [1.82, 2.24) is 15.2 Å². The van der Waals surface area contributed by atoms with Gasteiger partial charge in [-0.05, 0) is 20.8 Å². The summed E-state index contributed by atoms with van der Waals surface area (Å²) in [5.74, 6) is 1.23. The standard InChI is InChI=1S/C8H15N5S/c1-4-9-6-7(14)11-8(13-12-6)10-5(2)3/h5H,4H2,1-3H3,(H,9,12)(H2,10,11,13,14). The average Bonchev–Trinajstić information content (AvgIpc) is 2.09. The summed E-state index contributed by atoms with van der Waals surface area (Å²) >= 11 is 5.06. The summed E-state index contributed by atoms with van der Waals surface area (Å²) in [4.78, 5) is 4.16. The summed E-state index contributed by atoms with van der Waals surface area (Å²) in [6, 6.07) is 0.305. The van der Waals surface area contributed by atoms with Crippen LogP contribution in [0.25, 0.3) is 0 Å². The molecule has 0 spiro atoms. The fourth-order valence-corrected chi connectivity index (χ4v) is 1.17. The van der Waals surface area contributed by atoms with E-state index in [-0.39, 0.29) is 0 Å². The Balaban J connectivity index is 2.84. The largest absolute Gasteiger partial charge is 0.366 e. The van der Waals surface area contributed by atoms with Gasteiger partial charge >= 0.3 is 0 Å². The van der Waals surface area contributed by atoms with Gasteiger partial charge in [0.1, 0.15) is 0 Å². The first kappa shape index (κ1) is 10.9. The maximum absolute atomic E-state index is 5.06. The second-order valence-corrected chi connectivity index (χ2v) is 3.55. The summed E-state index contributed by atoms with van der Waals surface area (Å²) in [6.45, 7) is 6.81. The van der Waals surface area contributed by atoms with Crippen LogP contribution in [0, 0.1) is 4.64 Å². The molecule has 0 saturated carbocycles. The number of aromatic amines is 1. The summed E-state index contributed by atoms with van der Waals surface area (Å²) in [6.07, 6.45) is 0. The highest BCUT2D eigenvalue weighted by Crippen LogP contribution is 2.05. The monoisotopic (exact) mass is 213 g/mol. The fraction of sp³-hybridized carbons (Fsp3) is 0.625. The van der Waals surface area contributed by atoms with Crippen LogP contribution in [0.2, 0.25) is 0 Å². The van der Waals surface area contributed by atoms with E-state index in [0.717, 1.165) is 6.54 Å². The van der Waals surface area contributed by atoms with Crippen LogP contribution >= 0.6 is 12.2 Å². The minimum atomic E-state index is 0.305. The molecule has 0 atom stereocenters. The molecule has 1 rings (SSSR count). The highest BCUT2D eigenvalue weighted by molar-refractivity contribution is 7.71. The van der Waals surface area contributed by atoms with Crippen molar-refractivity contribution >= 4 is 24.0 Å². The third-order valence-electron chi connectivity index (χ3n) is 1.46. The number of anilines is 2. The molecule has 0 radical (unpaired) electrons. The van der Waals surface area contributed by atoms with E-state index in [1.165, 1.54) is 0 Å². The first-order chi connectivity index (χ1) is 6.63. The molecular formula is C8H15N5S. The molecule has 1 aromatic heterocycles. The molecule has 6 heteroatoms. The number of hydrogen-bond donors (Lipinski definition) is 3. The van der Waals surface area contributed by atoms with Gasteiger partial charge in [-0.1, -0.05) is 12.2 Å². The molecule has 0 bridgehead atoms. The van der Waals surface area contributed by atoms with E-state index in [4.69, 9.17) is 12.2 Å². The van der Waals surface area contributed by atoms with Gasteiger partial charge in [0.25, 0.3) is 0 Å². The number of nitrogens with zero attached hydrogens (tertiary/aromatic N) is 2. The van der Waals surface area contributed by atoms with Crippen molar-refractivity contribution in [2.24, 2.45) is 0 Å². The molecule has 0 aliphatic heterocycles. The lowest BCUT2D eigenvalue weighted by molar-refractivity contribution is 0.848. The van der Waals surface area contributed by atoms with Crippen molar-refractivity contribution in [2.45, 2.75) is 26.8 Å². The van der Waals surface area contributed by atoms with Gasteiger partial charge in [-0.25, -0.2) is 5.10 Å². The minimum Gasteiger partial charge on any atom is -0.366 e. The zero-order chi connectivity index (χ0) is 10.6. The molecule has 1 heterocycles. The molecular weight excluding hydrogens is 198 g/mol. The summed E-state index contributed by atoms with van der Waals surface area (Å²) in [7, 11) is 0. The number of hydrogen-bond acceptors (Lipinski definition) is 5. The van der Waals surface area contributed by atoms with Crippen molar-refractivity contribution in [3.8, 4) is 0 Å². The number of rotatable bonds is 4. The predicted octanol–water partition coefficient (Wildman–Crippen LogP) is 1.79. The van der Waals surface area contributed by atoms with Gasteiger partial charge in [-0.2, -0.15) is 10.1 Å². The van der Waals surface area contributed by atoms with E-state index < -0.39 is 0 Å². The smallest absolute Gasteiger partial charge is 0.218 e. The molecule has 0 amide bonds. The number of H-pyrrole nitrogens is 1. The molecule has 1 aromatic rings. The molecule has 0 saturated heterocycles. The third kappa shape index (κ3) is 2.95. The molecule has 14 heavy (non-hydrogen) atoms. The van der Waals surface area contributed by atoms with Crippen molar-refractivity contribution < 1.29 is 0 Å². The van der Waals surface area contributed by atoms with Crippen LogP contribution in [0.15, 0.2) is 0 Å². The number of nitrogens with one attached hydrogen (secondary N) is 3. The van der Waals surface area contributed by atoms with Gasteiger partial charge in [0.05, 0.1) is 0 Å². The Morgan fingerprint density at radius 3 is 2.71 bits per heavy atom. The van der Waals surface area contributed by atoms with Crippen LogP contribution in [0.1, 0.15) is 20.8 Å². The quantitative estimate of drug-likeness (QED) is 0.665. The lowest BCUT2D eigenvalue weighted by atomic mass is 10.4. The van der Waals surface area contributed by atoms with E-state index >= 15 is 0 Å². The summed E-state index contributed by atoms with van der Waals surface area (Å²) in [5.41, 5.74) is 0. The zero-order valence-electron chi connectivity index (χ0n) is 8.59. The average molecular weight is 213 g/mol. The topological polar surface area (TPSA) is 65.6 Å². The highest BCUT2D eigenvalue weighted by atomic mass is 32.1. The molecule has 0 fully saturated rings. The van der Waals surface area contributed by atoms with Gasteiger partial charge in [0.15, 0.2) is 10.5 Å². The van der Waals surface area contributed by atoms with E-state index in [1.54, 1.807) is 0 Å². The minimum absolute atomic E-state index is 0.305. The second kappa shape index (κ2) is 4.90. The molecule has 0 aliphatic carbocycles. The Hall–Kier alpha value is -1.17. The van der Waals surface area contributed by atoms with E-state index in [9.17, 15) is 0 Å². The highest BCUT2D eigenvalue weighted by Gasteiger charge is 2.01. The molecule has 78 valence electrons. The number of aromatic nitrogens is 3. The van der Waals surface area contributed by atoms with Gasteiger partial charge in [-0.15, -0.1) is 0 Å². The predicted molar refractivity (Wildman–Crippen MR) is 60.1 cm³/mol. The molecule has 0 aromatic carbocycles. The van der Waals surface area contributed by atoms with E-state index in [2.05, 4.69) is 25.8 Å². The Kier molecular flexibility index (Phi) is 3.82. The van der Waals surface area contributed by atoms with E-state index in [0.29, 0.717) is 22.4 Å². The Bertz CT molecular complexity index is 346. The van der Waals surface area contributed by atoms with Crippen molar-refractivity contribution in [3.63, 3.8) is 0 Å². The molecule has 3 N–H and O–H groups in total. The third-order valence-corrected chi connectivity index (χ3v) is 1.74. The normalized spacial score (nSPS) is 10.3. The summed E-state index contributed by atoms with van der Waals surface area (Å²) in [5, 5.41) is 13.0. The first-order valence-corrected chi connectivity index (χ1v) is 5.01. The lowest BCUT2D eigenvalue weighted by Gasteiger charge is -2.08. The van der Waals surface area contributed by atoms with Crippen molar-refractivity contribution in [1.29, 1.82) is 0 Å². The maximum atomic E-state index is 5.06. The van der Waals surface area contributed by atoms with Gasteiger partial charge in [0, 0.05) is 12.6 Å². The first-order valence-electron chi connectivity index (χ1n) is 4.60. The van der Waals surface area contributed by atoms with Crippen LogP contribution in [-0.4, -0.2) is 27.8 Å². The van der Waals surface area contributed by atoms with Crippen LogP contribution in [0.3, 0.4) is 0 Å². The van der Waals surface area contributed by atoms with Crippen LogP contribution < -0.4 is 10.6 Å².